The quantitative estimate of drug-likeness (QED) is 0.279. The first-order valence-corrected chi connectivity index (χ1v) is 15.9. The monoisotopic (exact) mass is 605 g/mol. The number of halogens is 1. The molecule has 1 aliphatic rings. The number of anilines is 3. The number of allylic oxidation sites excluding steroid dienone is 1. The van der Waals surface area contributed by atoms with Gasteiger partial charge >= 0.3 is 0 Å². The molecule has 1 aliphatic heterocycles. The second-order valence-electron chi connectivity index (χ2n) is 11.2. The number of rotatable bonds is 11. The summed E-state index contributed by atoms with van der Waals surface area (Å²) in [5, 5.41) is 5.32. The Morgan fingerprint density at radius 3 is 2.56 bits per heavy atom. The van der Waals surface area contributed by atoms with Crippen molar-refractivity contribution in [3.8, 4) is 5.75 Å². The molecule has 2 aromatic rings. The molecule has 1 fully saturated rings. The van der Waals surface area contributed by atoms with Crippen molar-refractivity contribution < 1.29 is 13.2 Å². The van der Waals surface area contributed by atoms with E-state index in [-0.39, 0.29) is 33.6 Å². The van der Waals surface area contributed by atoms with E-state index < -0.39 is 15.1 Å². The van der Waals surface area contributed by atoms with E-state index in [0.29, 0.717) is 17.7 Å². The van der Waals surface area contributed by atoms with Crippen molar-refractivity contribution in [1.29, 1.82) is 0 Å². The third-order valence-corrected chi connectivity index (χ3v) is 9.40. The van der Waals surface area contributed by atoms with E-state index in [2.05, 4.69) is 63.4 Å². The van der Waals surface area contributed by atoms with Gasteiger partial charge in [0.2, 0.25) is 5.95 Å². The first-order valence-electron chi connectivity index (χ1n) is 14.0. The van der Waals surface area contributed by atoms with Crippen molar-refractivity contribution in [2.75, 3.05) is 30.8 Å². The molecule has 4 N–H and O–H groups in total. The molecule has 226 valence electrons. The lowest BCUT2D eigenvalue weighted by Gasteiger charge is -2.36. The standard InChI is InChI=1S/C29H44ClN7O3S/c1-17(2)37-11-9-10-21(16-37)22-13-26(40-18(3)4)24(12-20(22)7)35-29-33-14-23(30)28(36-29)34-25(15-32-8)27(31)41(38,39)19(5)6/h12-15,17-19,21H,9-11,16,31H2,1-8H3,(H2,33,34,35,36). The number of ether oxygens (including phenoxy) is 1. The van der Waals surface area contributed by atoms with Gasteiger partial charge in [-0.1, -0.05) is 11.6 Å². The molecule has 41 heavy (non-hydrogen) atoms. The lowest BCUT2D eigenvalue weighted by molar-refractivity contribution is 0.167. The molecule has 10 nitrogen and oxygen atoms in total. The lowest BCUT2D eigenvalue weighted by Crippen LogP contribution is -2.39. The van der Waals surface area contributed by atoms with Gasteiger partial charge in [0.1, 0.15) is 10.8 Å². The maximum atomic E-state index is 12.7. The molecule has 0 aliphatic carbocycles. The number of nitrogens with one attached hydrogen (secondary N) is 2. The topological polar surface area (TPSA) is 135 Å². The second kappa shape index (κ2) is 13.8. The second-order valence-corrected chi connectivity index (χ2v) is 14.1. The Morgan fingerprint density at radius 1 is 1.24 bits per heavy atom. The number of sulfone groups is 1. The molecular formula is C29H44ClN7O3S. The number of aliphatic imine (C=N–C) groups is 1. The Kier molecular flexibility index (Phi) is 11.0. The maximum Gasteiger partial charge on any atom is 0.229 e. The summed E-state index contributed by atoms with van der Waals surface area (Å²) in [6, 6.07) is 4.71. The van der Waals surface area contributed by atoms with E-state index >= 15 is 0 Å². The Balaban J connectivity index is 1.98. The number of hydrogen-bond donors (Lipinski definition) is 3. The van der Waals surface area contributed by atoms with Crippen molar-refractivity contribution in [2.24, 2.45) is 10.7 Å². The highest BCUT2D eigenvalue weighted by molar-refractivity contribution is 7.95. The van der Waals surface area contributed by atoms with E-state index in [4.69, 9.17) is 22.1 Å². The van der Waals surface area contributed by atoms with Crippen molar-refractivity contribution >= 4 is 45.1 Å². The Labute approximate surface area is 249 Å². The first-order chi connectivity index (χ1) is 19.2. The van der Waals surface area contributed by atoms with Gasteiger partial charge in [0.15, 0.2) is 20.7 Å². The van der Waals surface area contributed by atoms with Crippen LogP contribution in [0, 0.1) is 6.92 Å². The molecule has 0 bridgehead atoms. The van der Waals surface area contributed by atoms with E-state index in [9.17, 15) is 8.42 Å². The number of likely N-dealkylation sites (tertiary alicyclic amines) is 1. The summed E-state index contributed by atoms with van der Waals surface area (Å²) < 4.78 is 31.6. The SMILES string of the molecule is CN=CC(Nc1nc(Nc2cc(C)c(C3CCCN(C(C)C)C3)cc2OC(C)C)ncc1Cl)=C(N)S(=O)(=O)C(C)C. The van der Waals surface area contributed by atoms with Gasteiger partial charge in [0.05, 0.1) is 28.9 Å². The van der Waals surface area contributed by atoms with Crippen LogP contribution in [0.4, 0.5) is 17.5 Å². The van der Waals surface area contributed by atoms with Crippen LogP contribution in [0.2, 0.25) is 5.02 Å². The number of aryl methyl sites for hydroxylation is 1. The number of nitrogens with zero attached hydrogens (tertiary/aromatic N) is 4. The number of piperidine rings is 1. The normalized spacial score (nSPS) is 17.4. The van der Waals surface area contributed by atoms with Gasteiger partial charge < -0.3 is 26.0 Å². The molecule has 0 amide bonds. The average molecular weight is 606 g/mol. The highest BCUT2D eigenvalue weighted by Crippen LogP contribution is 2.38. The Hall–Kier alpha value is -2.89. The van der Waals surface area contributed by atoms with Crippen molar-refractivity contribution in [2.45, 2.75) is 84.6 Å². The largest absolute Gasteiger partial charge is 0.489 e. The fourth-order valence-corrected chi connectivity index (χ4v) is 5.84. The third-order valence-electron chi connectivity index (χ3n) is 7.05. The third kappa shape index (κ3) is 8.11. The average Bonchev–Trinajstić information content (AvgIpc) is 2.90. The summed E-state index contributed by atoms with van der Waals surface area (Å²) in [7, 11) is -2.24. The molecule has 0 spiro atoms. The van der Waals surface area contributed by atoms with Crippen LogP contribution < -0.4 is 21.1 Å². The molecule has 12 heteroatoms. The number of nitrogens with two attached hydrogens (primary N) is 1. The molecular weight excluding hydrogens is 562 g/mol. The van der Waals surface area contributed by atoms with Crippen LogP contribution in [0.15, 0.2) is 34.0 Å². The highest BCUT2D eigenvalue weighted by atomic mass is 35.5. The maximum absolute atomic E-state index is 12.7. The van der Waals surface area contributed by atoms with E-state index in [1.807, 2.05) is 13.8 Å². The first kappa shape index (κ1) is 32.6. The molecule has 1 aromatic heterocycles. The minimum Gasteiger partial charge on any atom is -0.489 e. The molecule has 1 saturated heterocycles. The van der Waals surface area contributed by atoms with Crippen LogP contribution in [-0.4, -0.2) is 67.0 Å². The van der Waals surface area contributed by atoms with Gasteiger partial charge in [-0.25, -0.2) is 13.4 Å². The van der Waals surface area contributed by atoms with Gasteiger partial charge in [0, 0.05) is 25.8 Å². The summed E-state index contributed by atoms with van der Waals surface area (Å²) in [6.45, 7) is 15.8. The van der Waals surface area contributed by atoms with Crippen LogP contribution in [0.3, 0.4) is 0 Å². The summed E-state index contributed by atoms with van der Waals surface area (Å²) in [5.41, 5.74) is 9.27. The highest BCUT2D eigenvalue weighted by Gasteiger charge is 2.26. The van der Waals surface area contributed by atoms with E-state index in [1.165, 1.54) is 31.4 Å². The van der Waals surface area contributed by atoms with Gasteiger partial charge in [0.25, 0.3) is 0 Å². The van der Waals surface area contributed by atoms with E-state index in [0.717, 1.165) is 30.8 Å². The predicted molar refractivity (Wildman–Crippen MR) is 169 cm³/mol. The molecule has 3 rings (SSSR count). The van der Waals surface area contributed by atoms with Gasteiger partial charge in [-0.2, -0.15) is 4.98 Å². The van der Waals surface area contributed by atoms with Crippen molar-refractivity contribution in [1.82, 2.24) is 14.9 Å². The lowest BCUT2D eigenvalue weighted by atomic mass is 9.87. The zero-order chi connectivity index (χ0) is 30.5. The minimum absolute atomic E-state index is 0.0418. The summed E-state index contributed by atoms with van der Waals surface area (Å²) in [6.07, 6.45) is 5.02. The fraction of sp³-hybridized carbons (Fsp3) is 0.552. The van der Waals surface area contributed by atoms with Crippen molar-refractivity contribution in [3.63, 3.8) is 0 Å². The van der Waals surface area contributed by atoms with Crippen LogP contribution in [0.5, 0.6) is 5.75 Å². The number of benzene rings is 1. The Bertz CT molecular complexity index is 1390. The van der Waals surface area contributed by atoms with Gasteiger partial charge in [-0.05, 0) is 97.0 Å². The zero-order valence-corrected chi connectivity index (χ0v) is 26.9. The molecule has 0 radical (unpaired) electrons. The smallest absolute Gasteiger partial charge is 0.229 e. The summed E-state index contributed by atoms with van der Waals surface area (Å²) in [5.74, 6) is 1.56. The fourth-order valence-electron chi connectivity index (χ4n) is 4.78. The zero-order valence-electron chi connectivity index (χ0n) is 25.3. The summed E-state index contributed by atoms with van der Waals surface area (Å²) in [4.78, 5) is 15.3. The van der Waals surface area contributed by atoms with Crippen LogP contribution >= 0.6 is 11.6 Å². The molecule has 1 aromatic carbocycles. The Morgan fingerprint density at radius 2 is 1.95 bits per heavy atom. The van der Waals surface area contributed by atoms with Crippen LogP contribution in [-0.2, 0) is 9.84 Å². The molecule has 2 heterocycles. The van der Waals surface area contributed by atoms with Crippen molar-refractivity contribution in [3.05, 3.63) is 45.2 Å². The number of hydrogen-bond acceptors (Lipinski definition) is 10. The number of aromatic nitrogens is 2. The molecule has 0 saturated carbocycles. The minimum atomic E-state index is -3.75. The summed E-state index contributed by atoms with van der Waals surface area (Å²) >= 11 is 6.39. The van der Waals surface area contributed by atoms with Crippen LogP contribution in [0.25, 0.3) is 0 Å². The predicted octanol–water partition coefficient (Wildman–Crippen LogP) is 5.62. The van der Waals surface area contributed by atoms with Crippen LogP contribution in [0.1, 0.15) is 71.4 Å². The van der Waals surface area contributed by atoms with Gasteiger partial charge in [-0.3, -0.25) is 4.99 Å². The van der Waals surface area contributed by atoms with Gasteiger partial charge in [-0.15, -0.1) is 0 Å². The molecule has 1 unspecified atom stereocenters. The van der Waals surface area contributed by atoms with E-state index in [1.54, 1.807) is 13.8 Å². The molecule has 1 atom stereocenters.